The van der Waals surface area contributed by atoms with Crippen LogP contribution in [0.1, 0.15) is 46.5 Å². The van der Waals surface area contributed by atoms with Gasteiger partial charge in [-0.1, -0.05) is 6.92 Å². The minimum atomic E-state index is -0.515. The van der Waals surface area contributed by atoms with Crippen molar-refractivity contribution in [2.24, 2.45) is 5.73 Å². The lowest BCUT2D eigenvalue weighted by atomic mass is 9.95. The van der Waals surface area contributed by atoms with Crippen LogP contribution in [-0.2, 0) is 9.53 Å². The molecule has 2 rings (SSSR count). The van der Waals surface area contributed by atoms with Crippen LogP contribution in [0.4, 0.5) is 0 Å². The molecular weight excluding hydrogens is 254 g/mol. The highest BCUT2D eigenvalue weighted by Gasteiger charge is 2.46. The monoisotopic (exact) mass is 283 g/mol. The minimum absolute atomic E-state index is 0.200. The van der Waals surface area contributed by atoms with Crippen LogP contribution in [0.25, 0.3) is 0 Å². The predicted octanol–water partition coefficient (Wildman–Crippen LogP) is 0.872. The third kappa shape index (κ3) is 3.32. The van der Waals surface area contributed by atoms with Crippen LogP contribution in [0.15, 0.2) is 0 Å². The molecule has 1 saturated carbocycles. The second kappa shape index (κ2) is 6.41. The first-order valence-corrected chi connectivity index (χ1v) is 7.90. The Bertz CT molecular complexity index is 348. The summed E-state index contributed by atoms with van der Waals surface area (Å²) in [5.74, 6) is -0.200. The van der Waals surface area contributed by atoms with Crippen molar-refractivity contribution in [1.82, 2.24) is 10.2 Å². The minimum Gasteiger partial charge on any atom is -0.376 e. The Morgan fingerprint density at radius 1 is 1.55 bits per heavy atom. The van der Waals surface area contributed by atoms with E-state index < -0.39 is 5.54 Å². The number of nitrogens with one attached hydrogen (secondary N) is 1. The standard InChI is InChI=1S/C15H29N3O2/c1-4-13-10-18(7-8-20-13)12-5-6-15(9-12,14(16)19)17-11(2)3/h11-13,17H,4-10H2,1-3H3,(H2,16,19). The summed E-state index contributed by atoms with van der Waals surface area (Å²) in [4.78, 5) is 14.4. The van der Waals surface area contributed by atoms with E-state index in [1.807, 2.05) is 0 Å². The Labute approximate surface area is 122 Å². The molecule has 3 atom stereocenters. The first-order valence-electron chi connectivity index (χ1n) is 7.90. The maximum Gasteiger partial charge on any atom is 0.237 e. The van der Waals surface area contributed by atoms with Crippen LogP contribution < -0.4 is 11.1 Å². The maximum absolute atomic E-state index is 11.9. The Morgan fingerprint density at radius 2 is 2.30 bits per heavy atom. The number of amides is 1. The number of primary amides is 1. The average Bonchev–Trinajstić information content (AvgIpc) is 2.83. The molecule has 0 bridgehead atoms. The van der Waals surface area contributed by atoms with Crippen LogP contribution in [-0.4, -0.2) is 54.2 Å². The number of hydrogen-bond donors (Lipinski definition) is 2. The van der Waals surface area contributed by atoms with Crippen molar-refractivity contribution >= 4 is 5.91 Å². The van der Waals surface area contributed by atoms with Gasteiger partial charge < -0.3 is 15.8 Å². The second-order valence-corrected chi connectivity index (χ2v) is 6.54. The van der Waals surface area contributed by atoms with Crippen molar-refractivity contribution in [3.63, 3.8) is 0 Å². The van der Waals surface area contributed by atoms with Crippen LogP contribution in [0.2, 0.25) is 0 Å². The van der Waals surface area contributed by atoms with Crippen molar-refractivity contribution in [2.75, 3.05) is 19.7 Å². The zero-order chi connectivity index (χ0) is 14.8. The zero-order valence-corrected chi connectivity index (χ0v) is 13.0. The summed E-state index contributed by atoms with van der Waals surface area (Å²) < 4.78 is 5.73. The maximum atomic E-state index is 11.9. The van der Waals surface area contributed by atoms with Gasteiger partial charge in [-0.3, -0.25) is 9.69 Å². The lowest BCUT2D eigenvalue weighted by Crippen LogP contribution is -2.57. The zero-order valence-electron chi connectivity index (χ0n) is 13.0. The molecule has 5 nitrogen and oxygen atoms in total. The van der Waals surface area contributed by atoms with Crippen LogP contribution >= 0.6 is 0 Å². The van der Waals surface area contributed by atoms with Gasteiger partial charge in [0.2, 0.25) is 5.91 Å². The summed E-state index contributed by atoms with van der Waals surface area (Å²) in [5, 5.41) is 3.42. The number of hydrogen-bond acceptors (Lipinski definition) is 4. The molecule has 3 unspecified atom stereocenters. The van der Waals surface area contributed by atoms with E-state index >= 15 is 0 Å². The quantitative estimate of drug-likeness (QED) is 0.786. The van der Waals surface area contributed by atoms with Gasteiger partial charge in [-0.25, -0.2) is 0 Å². The summed E-state index contributed by atoms with van der Waals surface area (Å²) >= 11 is 0. The van der Waals surface area contributed by atoms with Gasteiger partial charge >= 0.3 is 0 Å². The SMILES string of the molecule is CCC1CN(C2CCC(NC(C)C)(C(N)=O)C2)CCO1. The summed E-state index contributed by atoms with van der Waals surface area (Å²) in [6, 6.07) is 0.723. The molecule has 5 heteroatoms. The number of rotatable bonds is 5. The number of ether oxygens (including phenoxy) is 1. The van der Waals surface area contributed by atoms with Crippen LogP contribution in [0, 0.1) is 0 Å². The van der Waals surface area contributed by atoms with Crippen molar-refractivity contribution < 1.29 is 9.53 Å². The van der Waals surface area contributed by atoms with Gasteiger partial charge in [0.25, 0.3) is 0 Å². The molecule has 1 heterocycles. The Morgan fingerprint density at radius 3 is 2.90 bits per heavy atom. The Balaban J connectivity index is 2.00. The van der Waals surface area contributed by atoms with Gasteiger partial charge in [0, 0.05) is 25.2 Å². The van der Waals surface area contributed by atoms with E-state index in [4.69, 9.17) is 10.5 Å². The normalized spacial score (nSPS) is 35.6. The van der Waals surface area contributed by atoms with Gasteiger partial charge in [0.05, 0.1) is 18.2 Å². The average molecular weight is 283 g/mol. The number of morpholine rings is 1. The van der Waals surface area contributed by atoms with E-state index in [1.54, 1.807) is 0 Å². The highest BCUT2D eigenvalue weighted by Crippen LogP contribution is 2.34. The van der Waals surface area contributed by atoms with Gasteiger partial charge in [-0.05, 0) is 39.5 Å². The van der Waals surface area contributed by atoms with E-state index in [2.05, 4.69) is 31.0 Å². The lowest BCUT2D eigenvalue weighted by Gasteiger charge is -2.37. The molecule has 0 aromatic carbocycles. The van der Waals surface area contributed by atoms with Crippen molar-refractivity contribution in [3.05, 3.63) is 0 Å². The molecule has 0 aromatic heterocycles. The molecule has 2 aliphatic rings. The Hall–Kier alpha value is -0.650. The topological polar surface area (TPSA) is 67.6 Å². The summed E-state index contributed by atoms with van der Waals surface area (Å²) in [7, 11) is 0. The van der Waals surface area contributed by atoms with E-state index in [1.165, 1.54) is 0 Å². The lowest BCUT2D eigenvalue weighted by molar-refractivity contribution is -0.124. The molecule has 0 spiro atoms. The first-order chi connectivity index (χ1) is 9.47. The summed E-state index contributed by atoms with van der Waals surface area (Å²) in [6.45, 7) is 9.06. The van der Waals surface area contributed by atoms with E-state index in [0.29, 0.717) is 12.1 Å². The predicted molar refractivity (Wildman–Crippen MR) is 79.4 cm³/mol. The molecule has 116 valence electrons. The fourth-order valence-corrected chi connectivity index (χ4v) is 3.63. The fraction of sp³-hybridized carbons (Fsp3) is 0.933. The highest BCUT2D eigenvalue weighted by molar-refractivity contribution is 5.85. The molecule has 1 saturated heterocycles. The molecule has 1 amide bonds. The molecular formula is C15H29N3O2. The van der Waals surface area contributed by atoms with Crippen molar-refractivity contribution in [3.8, 4) is 0 Å². The van der Waals surface area contributed by atoms with Gasteiger partial charge in [-0.2, -0.15) is 0 Å². The van der Waals surface area contributed by atoms with Gasteiger partial charge in [0.1, 0.15) is 0 Å². The molecule has 2 fully saturated rings. The van der Waals surface area contributed by atoms with E-state index in [-0.39, 0.29) is 11.9 Å². The first kappa shape index (κ1) is 15.7. The molecule has 20 heavy (non-hydrogen) atoms. The summed E-state index contributed by atoms with van der Waals surface area (Å²) in [5.41, 5.74) is 5.17. The third-order valence-corrected chi connectivity index (χ3v) is 4.67. The van der Waals surface area contributed by atoms with Gasteiger partial charge in [-0.15, -0.1) is 0 Å². The van der Waals surface area contributed by atoms with Gasteiger partial charge in [0.15, 0.2) is 0 Å². The molecule has 1 aliphatic carbocycles. The number of nitrogens with two attached hydrogens (primary N) is 1. The van der Waals surface area contributed by atoms with E-state index in [0.717, 1.165) is 45.4 Å². The molecule has 0 aromatic rings. The number of carbonyl (C=O) groups excluding carboxylic acids is 1. The van der Waals surface area contributed by atoms with Crippen molar-refractivity contribution in [2.45, 2.75) is 70.2 Å². The second-order valence-electron chi connectivity index (χ2n) is 6.54. The van der Waals surface area contributed by atoms with Crippen LogP contribution in [0.5, 0.6) is 0 Å². The van der Waals surface area contributed by atoms with E-state index in [9.17, 15) is 4.79 Å². The highest BCUT2D eigenvalue weighted by atomic mass is 16.5. The molecule has 0 radical (unpaired) electrons. The number of carbonyl (C=O) groups is 1. The largest absolute Gasteiger partial charge is 0.376 e. The number of nitrogens with zero attached hydrogens (tertiary/aromatic N) is 1. The van der Waals surface area contributed by atoms with Crippen molar-refractivity contribution in [1.29, 1.82) is 0 Å². The fourth-order valence-electron chi connectivity index (χ4n) is 3.63. The molecule has 1 aliphatic heterocycles. The molecule has 3 N–H and O–H groups in total. The van der Waals surface area contributed by atoms with Crippen LogP contribution in [0.3, 0.4) is 0 Å². The summed E-state index contributed by atoms with van der Waals surface area (Å²) in [6.07, 6.45) is 4.11. The third-order valence-electron chi connectivity index (χ3n) is 4.67. The smallest absolute Gasteiger partial charge is 0.237 e. The Kier molecular flexibility index (Phi) is 5.04.